The van der Waals surface area contributed by atoms with Crippen LogP contribution in [0.25, 0.3) is 0 Å². The zero-order valence-electron chi connectivity index (χ0n) is 8.22. The summed E-state index contributed by atoms with van der Waals surface area (Å²) >= 11 is 0. The van der Waals surface area contributed by atoms with Crippen molar-refractivity contribution in [2.45, 2.75) is 39.7 Å². The zero-order chi connectivity index (χ0) is 9.56. The first-order chi connectivity index (χ1) is 5.56. The molecule has 0 rings (SSSR count). The highest BCUT2D eigenvalue weighted by Crippen LogP contribution is 2.02. The van der Waals surface area contributed by atoms with Crippen LogP contribution in [0.1, 0.15) is 33.6 Å². The number of hydrogen-bond acceptors (Lipinski definition) is 2. The number of nitrogens with one attached hydrogen (secondary N) is 1. The van der Waals surface area contributed by atoms with Gasteiger partial charge in [-0.15, -0.1) is 0 Å². The number of rotatable bonds is 5. The van der Waals surface area contributed by atoms with Gasteiger partial charge in [-0.1, -0.05) is 13.5 Å². The first kappa shape index (κ1) is 11.1. The third kappa shape index (κ3) is 5.83. The minimum Gasteiger partial charge on any atom is -0.512 e. The summed E-state index contributed by atoms with van der Waals surface area (Å²) in [5.74, 6) is 0.399. The molecular weight excluding hydrogens is 150 g/mol. The highest BCUT2D eigenvalue weighted by Gasteiger charge is 1.95. The largest absolute Gasteiger partial charge is 0.512 e. The molecule has 0 amide bonds. The first-order valence-corrected chi connectivity index (χ1v) is 4.41. The Balaban J connectivity index is 3.88. The molecule has 12 heavy (non-hydrogen) atoms. The Labute approximate surface area is 75.0 Å². The van der Waals surface area contributed by atoms with Gasteiger partial charge in [0.1, 0.15) is 0 Å². The van der Waals surface area contributed by atoms with E-state index in [0.717, 1.165) is 18.5 Å². The average molecular weight is 169 g/mol. The summed E-state index contributed by atoms with van der Waals surface area (Å²) in [5.41, 5.74) is 0.774. The van der Waals surface area contributed by atoms with Crippen LogP contribution in [0, 0.1) is 0 Å². The van der Waals surface area contributed by atoms with Crippen molar-refractivity contribution in [2.24, 2.45) is 0 Å². The highest BCUT2D eigenvalue weighted by atomic mass is 16.3. The normalized spacial score (nSPS) is 11.8. The molecule has 0 saturated carbocycles. The van der Waals surface area contributed by atoms with Gasteiger partial charge in [-0.25, -0.2) is 0 Å². The van der Waals surface area contributed by atoms with E-state index in [1.807, 2.05) is 20.8 Å². The molecule has 0 radical (unpaired) electrons. The highest BCUT2D eigenvalue weighted by molar-refractivity contribution is 5.15. The van der Waals surface area contributed by atoms with Gasteiger partial charge in [0.15, 0.2) is 0 Å². The van der Waals surface area contributed by atoms with Crippen LogP contribution in [0.2, 0.25) is 0 Å². The SMILES string of the molecule is C=C(/C=C(\O)CCC)NC(C)C. The Bertz CT molecular complexity index is 171. The van der Waals surface area contributed by atoms with Crippen LogP contribution in [0.4, 0.5) is 0 Å². The molecule has 0 aliphatic heterocycles. The van der Waals surface area contributed by atoms with Crippen LogP contribution < -0.4 is 5.32 Å². The predicted octanol–water partition coefficient (Wildman–Crippen LogP) is 2.74. The predicted molar refractivity (Wildman–Crippen MR) is 53.0 cm³/mol. The van der Waals surface area contributed by atoms with Gasteiger partial charge in [0.25, 0.3) is 0 Å². The fraction of sp³-hybridized carbons (Fsp3) is 0.600. The summed E-state index contributed by atoms with van der Waals surface area (Å²) in [7, 11) is 0. The molecule has 0 fully saturated rings. The van der Waals surface area contributed by atoms with E-state index in [-0.39, 0.29) is 0 Å². The van der Waals surface area contributed by atoms with Crippen LogP contribution in [-0.4, -0.2) is 11.1 Å². The lowest BCUT2D eigenvalue weighted by Gasteiger charge is -2.09. The van der Waals surface area contributed by atoms with Crippen molar-refractivity contribution in [1.29, 1.82) is 0 Å². The smallest absolute Gasteiger partial charge is 0.0942 e. The van der Waals surface area contributed by atoms with Crippen molar-refractivity contribution in [3.8, 4) is 0 Å². The lowest BCUT2D eigenvalue weighted by molar-refractivity contribution is 0.385. The van der Waals surface area contributed by atoms with Crippen molar-refractivity contribution in [1.82, 2.24) is 5.32 Å². The van der Waals surface area contributed by atoms with Crippen LogP contribution in [0.15, 0.2) is 24.1 Å². The minimum atomic E-state index is 0.364. The molecule has 2 nitrogen and oxygen atoms in total. The molecule has 2 N–H and O–H groups in total. The molecule has 0 aromatic rings. The molecule has 0 aromatic carbocycles. The molecule has 0 bridgehead atoms. The summed E-state index contributed by atoms with van der Waals surface area (Å²) in [6, 6.07) is 0.364. The summed E-state index contributed by atoms with van der Waals surface area (Å²) < 4.78 is 0. The van der Waals surface area contributed by atoms with Gasteiger partial charge in [-0.3, -0.25) is 0 Å². The van der Waals surface area contributed by atoms with Gasteiger partial charge >= 0.3 is 0 Å². The van der Waals surface area contributed by atoms with Crippen molar-refractivity contribution in [3.63, 3.8) is 0 Å². The Morgan fingerprint density at radius 3 is 2.58 bits per heavy atom. The van der Waals surface area contributed by atoms with E-state index < -0.39 is 0 Å². The molecule has 0 aliphatic rings. The second-order valence-corrected chi connectivity index (χ2v) is 3.21. The quantitative estimate of drug-likeness (QED) is 0.490. The monoisotopic (exact) mass is 169 g/mol. The number of hydrogen-bond donors (Lipinski definition) is 2. The Kier molecular flexibility index (Phi) is 5.26. The number of aliphatic hydroxyl groups is 1. The Hall–Kier alpha value is -0.920. The van der Waals surface area contributed by atoms with E-state index in [1.165, 1.54) is 0 Å². The summed E-state index contributed by atoms with van der Waals surface area (Å²) in [6.07, 6.45) is 3.36. The van der Waals surface area contributed by atoms with Crippen LogP contribution in [0.3, 0.4) is 0 Å². The topological polar surface area (TPSA) is 32.3 Å². The molecule has 0 saturated heterocycles. The molecule has 0 spiro atoms. The van der Waals surface area contributed by atoms with E-state index >= 15 is 0 Å². The number of aliphatic hydroxyl groups excluding tert-OH is 1. The van der Waals surface area contributed by atoms with Crippen molar-refractivity contribution < 1.29 is 5.11 Å². The zero-order valence-corrected chi connectivity index (χ0v) is 8.22. The molecular formula is C10H19NO. The van der Waals surface area contributed by atoms with Crippen LogP contribution in [-0.2, 0) is 0 Å². The Morgan fingerprint density at radius 2 is 2.17 bits per heavy atom. The third-order valence-corrected chi connectivity index (χ3v) is 1.32. The van der Waals surface area contributed by atoms with Gasteiger partial charge in [-0.2, -0.15) is 0 Å². The molecule has 0 aliphatic carbocycles. The number of allylic oxidation sites excluding steroid dienone is 2. The maximum Gasteiger partial charge on any atom is 0.0942 e. The van der Waals surface area contributed by atoms with E-state index in [9.17, 15) is 5.11 Å². The second-order valence-electron chi connectivity index (χ2n) is 3.21. The van der Waals surface area contributed by atoms with Gasteiger partial charge in [0.2, 0.25) is 0 Å². The van der Waals surface area contributed by atoms with Crippen molar-refractivity contribution in [3.05, 3.63) is 24.1 Å². The van der Waals surface area contributed by atoms with Crippen molar-refractivity contribution in [2.75, 3.05) is 0 Å². The van der Waals surface area contributed by atoms with Gasteiger partial charge in [-0.05, 0) is 26.3 Å². The maximum absolute atomic E-state index is 9.29. The maximum atomic E-state index is 9.29. The fourth-order valence-corrected chi connectivity index (χ4v) is 0.942. The second kappa shape index (κ2) is 5.70. The van der Waals surface area contributed by atoms with Gasteiger partial charge in [0, 0.05) is 18.2 Å². The van der Waals surface area contributed by atoms with E-state index in [1.54, 1.807) is 6.08 Å². The van der Waals surface area contributed by atoms with Crippen LogP contribution >= 0.6 is 0 Å². The van der Waals surface area contributed by atoms with Crippen molar-refractivity contribution >= 4 is 0 Å². The third-order valence-electron chi connectivity index (χ3n) is 1.32. The lowest BCUT2D eigenvalue weighted by Crippen LogP contribution is -2.20. The summed E-state index contributed by atoms with van der Waals surface area (Å²) in [4.78, 5) is 0. The van der Waals surface area contributed by atoms with Gasteiger partial charge < -0.3 is 10.4 Å². The molecule has 2 heteroatoms. The molecule has 0 atom stereocenters. The summed E-state index contributed by atoms with van der Waals surface area (Å²) in [5, 5.41) is 12.4. The standard InChI is InChI=1S/C10H19NO/c1-5-6-10(12)7-9(4)11-8(2)3/h7-8,11-12H,4-6H2,1-3H3/b10-7-. The fourth-order valence-electron chi connectivity index (χ4n) is 0.942. The average Bonchev–Trinajstić information content (AvgIpc) is 1.84. The minimum absolute atomic E-state index is 0.364. The molecule has 0 unspecified atom stereocenters. The molecule has 0 heterocycles. The molecule has 0 aromatic heterocycles. The molecule has 70 valence electrons. The van der Waals surface area contributed by atoms with E-state index in [2.05, 4.69) is 11.9 Å². The lowest BCUT2D eigenvalue weighted by atomic mass is 10.2. The van der Waals surface area contributed by atoms with E-state index in [0.29, 0.717) is 11.8 Å². The Morgan fingerprint density at radius 1 is 1.58 bits per heavy atom. The van der Waals surface area contributed by atoms with E-state index in [4.69, 9.17) is 0 Å². The van der Waals surface area contributed by atoms with Crippen LogP contribution in [0.5, 0.6) is 0 Å². The first-order valence-electron chi connectivity index (χ1n) is 4.41. The van der Waals surface area contributed by atoms with Gasteiger partial charge in [0.05, 0.1) is 5.76 Å². The summed E-state index contributed by atoms with van der Waals surface area (Å²) in [6.45, 7) is 9.88.